The van der Waals surface area contributed by atoms with Crippen molar-refractivity contribution in [3.8, 4) is 5.69 Å². The third-order valence-electron chi connectivity index (χ3n) is 5.08. The van der Waals surface area contributed by atoms with Gasteiger partial charge in [0.1, 0.15) is 6.33 Å². The van der Waals surface area contributed by atoms with Gasteiger partial charge in [-0.2, -0.15) is 23.4 Å². The summed E-state index contributed by atoms with van der Waals surface area (Å²) in [6, 6.07) is 10.6. The van der Waals surface area contributed by atoms with Crippen molar-refractivity contribution in [3.63, 3.8) is 0 Å². The minimum Gasteiger partial charge on any atom is -0.269 e. The molecule has 4 aromatic heterocycles. The first-order valence-corrected chi connectivity index (χ1v) is 9.57. The number of fused-ring (bicyclic) bond motifs is 3. The second kappa shape index (κ2) is 6.89. The average Bonchev–Trinajstić information content (AvgIpc) is 3.44. The van der Waals surface area contributed by atoms with E-state index in [0.717, 1.165) is 17.1 Å². The Morgan fingerprint density at radius 3 is 2.55 bits per heavy atom. The Labute approximate surface area is 174 Å². The predicted octanol–water partition coefficient (Wildman–Crippen LogP) is 3.79. The molecule has 5 rings (SSSR count). The molecule has 1 aromatic carbocycles. The molecule has 0 aliphatic heterocycles. The summed E-state index contributed by atoms with van der Waals surface area (Å²) in [4.78, 5) is 9.09. The van der Waals surface area contributed by atoms with E-state index in [1.54, 1.807) is 28.6 Å². The Balaban J connectivity index is 1.49. The minimum absolute atomic E-state index is 0.221. The molecule has 31 heavy (non-hydrogen) atoms. The molecule has 0 aliphatic rings. The zero-order chi connectivity index (χ0) is 21.8. The molecular weight excluding hydrogens is 409 g/mol. The van der Waals surface area contributed by atoms with Crippen molar-refractivity contribution in [1.82, 2.24) is 39.1 Å². The molecule has 4 heterocycles. The molecule has 158 valence electrons. The lowest BCUT2D eigenvalue weighted by atomic mass is 10.1. The van der Waals surface area contributed by atoms with Gasteiger partial charge in [-0.05, 0) is 25.1 Å². The Morgan fingerprint density at radius 1 is 1.06 bits per heavy atom. The second-order valence-electron chi connectivity index (χ2n) is 7.36. The molecule has 0 bridgehead atoms. The van der Waals surface area contributed by atoms with Crippen molar-refractivity contribution in [2.75, 3.05) is 0 Å². The summed E-state index contributed by atoms with van der Waals surface area (Å²) < 4.78 is 43.4. The van der Waals surface area contributed by atoms with Crippen molar-refractivity contribution in [1.29, 1.82) is 0 Å². The fourth-order valence-electron chi connectivity index (χ4n) is 3.48. The Morgan fingerprint density at radius 2 is 1.84 bits per heavy atom. The summed E-state index contributed by atoms with van der Waals surface area (Å²) in [5.74, 6) is 0.226. The van der Waals surface area contributed by atoms with Crippen molar-refractivity contribution >= 4 is 16.7 Å². The van der Waals surface area contributed by atoms with Crippen LogP contribution in [0.15, 0.2) is 48.9 Å². The number of nitrogens with zero attached hydrogens (tertiary/aromatic N) is 8. The highest BCUT2D eigenvalue weighted by Gasteiger charge is 2.34. The average molecular weight is 426 g/mol. The molecule has 0 fully saturated rings. The van der Waals surface area contributed by atoms with E-state index in [9.17, 15) is 13.2 Å². The van der Waals surface area contributed by atoms with Crippen LogP contribution in [0.4, 0.5) is 13.2 Å². The zero-order valence-electron chi connectivity index (χ0n) is 16.6. The van der Waals surface area contributed by atoms with Crippen LogP contribution in [0.1, 0.15) is 30.1 Å². The van der Waals surface area contributed by atoms with Gasteiger partial charge in [-0.25, -0.2) is 19.2 Å². The number of alkyl halides is 3. The fourth-order valence-corrected chi connectivity index (χ4v) is 3.48. The number of hydrogen-bond acceptors (Lipinski definition) is 5. The van der Waals surface area contributed by atoms with Gasteiger partial charge in [0.15, 0.2) is 22.8 Å². The van der Waals surface area contributed by atoms with Crippen LogP contribution in [0.25, 0.3) is 22.4 Å². The summed E-state index contributed by atoms with van der Waals surface area (Å²) in [6.07, 6.45) is -1.24. The first kappa shape index (κ1) is 19.2. The van der Waals surface area contributed by atoms with E-state index in [0.29, 0.717) is 22.8 Å². The van der Waals surface area contributed by atoms with Gasteiger partial charge in [0.25, 0.3) is 0 Å². The van der Waals surface area contributed by atoms with Crippen molar-refractivity contribution in [3.05, 3.63) is 66.1 Å². The molecule has 0 saturated heterocycles. The van der Waals surface area contributed by atoms with E-state index in [1.165, 1.54) is 4.68 Å². The van der Waals surface area contributed by atoms with Gasteiger partial charge >= 0.3 is 6.18 Å². The number of para-hydroxylation sites is 1. The molecule has 1 atom stereocenters. The lowest BCUT2D eigenvalue weighted by molar-refractivity contribution is -0.141. The number of aryl methyl sites for hydroxylation is 1. The quantitative estimate of drug-likeness (QED) is 0.437. The fraction of sp³-hybridized carbons (Fsp3) is 0.250. The lowest BCUT2D eigenvalue weighted by Crippen LogP contribution is -2.12. The molecule has 0 aliphatic carbocycles. The highest BCUT2D eigenvalue weighted by molar-refractivity contribution is 5.89. The number of rotatable bonds is 4. The van der Waals surface area contributed by atoms with Gasteiger partial charge in [0, 0.05) is 11.6 Å². The number of benzene rings is 1. The standard InChI is InChI=1S/C20H17F3N8/c1-12(10-29-13(2)8-16(27-29)20(21,22)23)17-26-19-15-9-25-31(14-6-4-3-5-7-14)18(15)24-11-30(19)28-17/h3-9,11-12H,10H2,1-2H3/t12-/m1/s1. The van der Waals surface area contributed by atoms with E-state index in [4.69, 9.17) is 0 Å². The summed E-state index contributed by atoms with van der Waals surface area (Å²) in [7, 11) is 0. The molecule has 0 saturated carbocycles. The summed E-state index contributed by atoms with van der Waals surface area (Å²) in [6.45, 7) is 3.66. The van der Waals surface area contributed by atoms with E-state index >= 15 is 0 Å². The monoisotopic (exact) mass is 426 g/mol. The Bertz CT molecular complexity index is 1380. The van der Waals surface area contributed by atoms with E-state index < -0.39 is 11.9 Å². The SMILES string of the molecule is Cc1cc(C(F)(F)F)nn1C[C@@H](C)c1nc2c3cnn(-c4ccccc4)c3ncn2n1. The largest absolute Gasteiger partial charge is 0.435 e. The van der Waals surface area contributed by atoms with Crippen LogP contribution in [0.2, 0.25) is 0 Å². The van der Waals surface area contributed by atoms with Crippen LogP contribution in [0.5, 0.6) is 0 Å². The van der Waals surface area contributed by atoms with Gasteiger partial charge < -0.3 is 0 Å². The van der Waals surface area contributed by atoms with Gasteiger partial charge in [0.2, 0.25) is 0 Å². The van der Waals surface area contributed by atoms with Crippen LogP contribution in [-0.4, -0.2) is 39.1 Å². The first-order chi connectivity index (χ1) is 14.8. The third kappa shape index (κ3) is 3.31. The summed E-state index contributed by atoms with van der Waals surface area (Å²) in [5, 5.41) is 13.3. The van der Waals surface area contributed by atoms with E-state index in [2.05, 4.69) is 25.3 Å². The van der Waals surface area contributed by atoms with Gasteiger partial charge in [-0.15, -0.1) is 5.10 Å². The van der Waals surface area contributed by atoms with Gasteiger partial charge in [-0.1, -0.05) is 25.1 Å². The van der Waals surface area contributed by atoms with E-state index in [1.807, 2.05) is 37.3 Å². The van der Waals surface area contributed by atoms with Crippen LogP contribution in [0.3, 0.4) is 0 Å². The molecule has 8 nitrogen and oxygen atoms in total. The second-order valence-corrected chi connectivity index (χ2v) is 7.36. The molecule has 0 amide bonds. The smallest absolute Gasteiger partial charge is 0.269 e. The molecule has 0 N–H and O–H groups in total. The van der Waals surface area contributed by atoms with Crippen molar-refractivity contribution in [2.45, 2.75) is 32.5 Å². The molecular formula is C20H17F3N8. The van der Waals surface area contributed by atoms with Gasteiger partial charge in [-0.3, -0.25) is 4.68 Å². The van der Waals surface area contributed by atoms with E-state index in [-0.39, 0.29) is 12.5 Å². The summed E-state index contributed by atoms with van der Waals surface area (Å²) >= 11 is 0. The van der Waals surface area contributed by atoms with Crippen LogP contribution in [-0.2, 0) is 12.7 Å². The highest BCUT2D eigenvalue weighted by atomic mass is 19.4. The van der Waals surface area contributed by atoms with Crippen molar-refractivity contribution in [2.24, 2.45) is 0 Å². The number of halogens is 3. The third-order valence-corrected chi connectivity index (χ3v) is 5.08. The number of hydrogen-bond donors (Lipinski definition) is 0. The lowest BCUT2D eigenvalue weighted by Gasteiger charge is -2.09. The maximum Gasteiger partial charge on any atom is 0.435 e. The molecule has 0 spiro atoms. The molecule has 0 unspecified atom stereocenters. The molecule has 5 aromatic rings. The van der Waals surface area contributed by atoms with Crippen LogP contribution in [0, 0.1) is 6.92 Å². The Kier molecular flexibility index (Phi) is 4.27. The topological polar surface area (TPSA) is 78.7 Å². The number of aromatic nitrogens is 8. The van der Waals surface area contributed by atoms with Crippen molar-refractivity contribution < 1.29 is 13.2 Å². The normalized spacial score (nSPS) is 13.3. The first-order valence-electron chi connectivity index (χ1n) is 9.57. The Hall–Kier alpha value is -3.76. The zero-order valence-corrected chi connectivity index (χ0v) is 16.6. The minimum atomic E-state index is -4.48. The van der Waals surface area contributed by atoms with Crippen LogP contribution < -0.4 is 0 Å². The molecule has 0 radical (unpaired) electrons. The van der Waals surface area contributed by atoms with Crippen LogP contribution >= 0.6 is 0 Å². The molecule has 11 heteroatoms. The van der Waals surface area contributed by atoms with Gasteiger partial charge in [0.05, 0.1) is 23.8 Å². The highest BCUT2D eigenvalue weighted by Crippen LogP contribution is 2.29. The predicted molar refractivity (Wildman–Crippen MR) is 106 cm³/mol. The maximum absolute atomic E-state index is 12.9. The maximum atomic E-state index is 12.9. The summed E-state index contributed by atoms with van der Waals surface area (Å²) in [5.41, 5.74) is 1.62.